The molecule has 3 N–H and O–H groups in total. The number of primary amides is 1. The van der Waals surface area contributed by atoms with Crippen molar-refractivity contribution in [2.45, 2.75) is 56.2 Å². The summed E-state index contributed by atoms with van der Waals surface area (Å²) in [5.74, 6) is -0.241. The lowest BCUT2D eigenvalue weighted by atomic mass is 9.87. The standard InChI is InChI=1S/C15H26N4O2/c1-18(9-3-8-16)10-13(20)11-19-12-4-2-6-15(19,7-5-12)14(17)21/h12-13,20H,2-7,9-11H2,1H3,(H2,17,21)/t12-,13?,15+/m1/s1. The van der Waals surface area contributed by atoms with Crippen LogP contribution < -0.4 is 5.73 Å². The Morgan fingerprint density at radius 1 is 1.57 bits per heavy atom. The molecule has 1 amide bonds. The van der Waals surface area contributed by atoms with E-state index in [-0.39, 0.29) is 5.91 Å². The average Bonchev–Trinajstić information content (AvgIpc) is 2.64. The SMILES string of the molecule is CN(CCC#N)CC(O)CN1[C@@H]2CCC[C@@]1(C(N)=O)CC2. The van der Waals surface area contributed by atoms with Gasteiger partial charge in [0.25, 0.3) is 0 Å². The fourth-order valence-corrected chi connectivity index (χ4v) is 3.94. The normalized spacial score (nSPS) is 30.3. The summed E-state index contributed by atoms with van der Waals surface area (Å²) < 4.78 is 0. The molecule has 2 fully saturated rings. The van der Waals surface area contributed by atoms with Crippen LogP contribution in [0.2, 0.25) is 0 Å². The van der Waals surface area contributed by atoms with Crippen molar-refractivity contribution in [1.29, 1.82) is 5.26 Å². The van der Waals surface area contributed by atoms with Crippen molar-refractivity contribution >= 4 is 5.91 Å². The maximum Gasteiger partial charge on any atom is 0.237 e. The molecule has 0 saturated carbocycles. The molecule has 6 nitrogen and oxygen atoms in total. The molecule has 0 spiro atoms. The highest BCUT2D eigenvalue weighted by molar-refractivity contribution is 5.85. The fraction of sp³-hybridized carbons (Fsp3) is 0.867. The van der Waals surface area contributed by atoms with E-state index < -0.39 is 11.6 Å². The van der Waals surface area contributed by atoms with Gasteiger partial charge in [0, 0.05) is 32.1 Å². The van der Waals surface area contributed by atoms with Gasteiger partial charge in [-0.2, -0.15) is 5.26 Å². The number of β-amino-alcohol motifs (C(OH)–C–C–N with tert-alkyl or cyclic N) is 1. The van der Waals surface area contributed by atoms with Gasteiger partial charge in [-0.15, -0.1) is 0 Å². The number of hydrogen-bond acceptors (Lipinski definition) is 5. The minimum atomic E-state index is -0.533. The summed E-state index contributed by atoms with van der Waals surface area (Å²) in [6, 6.07) is 2.48. The van der Waals surface area contributed by atoms with Crippen molar-refractivity contribution in [2.75, 3.05) is 26.7 Å². The number of aliphatic hydroxyl groups is 1. The van der Waals surface area contributed by atoms with Gasteiger partial charge in [0.2, 0.25) is 5.91 Å². The molecule has 0 aromatic rings. The number of nitrogens with zero attached hydrogens (tertiary/aromatic N) is 3. The fourth-order valence-electron chi connectivity index (χ4n) is 3.94. The van der Waals surface area contributed by atoms with Crippen LogP contribution in [-0.4, -0.2) is 65.2 Å². The van der Waals surface area contributed by atoms with Gasteiger partial charge in [-0.25, -0.2) is 0 Å². The van der Waals surface area contributed by atoms with Crippen molar-refractivity contribution in [3.05, 3.63) is 0 Å². The van der Waals surface area contributed by atoms with Gasteiger partial charge in [-0.3, -0.25) is 9.69 Å². The van der Waals surface area contributed by atoms with Gasteiger partial charge in [-0.05, 0) is 39.2 Å². The molecule has 0 aliphatic carbocycles. The molecule has 0 aromatic heterocycles. The maximum absolute atomic E-state index is 11.9. The second kappa shape index (κ2) is 6.73. The summed E-state index contributed by atoms with van der Waals surface area (Å²) in [5.41, 5.74) is 5.13. The predicted molar refractivity (Wildman–Crippen MR) is 79.2 cm³/mol. The van der Waals surface area contributed by atoms with E-state index in [1.165, 1.54) is 0 Å². The third kappa shape index (κ3) is 3.37. The highest BCUT2D eigenvalue weighted by Crippen LogP contribution is 2.43. The van der Waals surface area contributed by atoms with Crippen LogP contribution >= 0.6 is 0 Å². The number of amides is 1. The zero-order chi connectivity index (χ0) is 15.5. The Morgan fingerprint density at radius 2 is 2.33 bits per heavy atom. The van der Waals surface area contributed by atoms with Gasteiger partial charge in [0.05, 0.1) is 12.2 Å². The van der Waals surface area contributed by atoms with Crippen LogP contribution in [-0.2, 0) is 4.79 Å². The van der Waals surface area contributed by atoms with E-state index in [0.717, 1.165) is 32.1 Å². The Labute approximate surface area is 126 Å². The van der Waals surface area contributed by atoms with Crippen LogP contribution in [0.3, 0.4) is 0 Å². The van der Waals surface area contributed by atoms with Crippen LogP contribution in [0.1, 0.15) is 38.5 Å². The summed E-state index contributed by atoms with van der Waals surface area (Å²) >= 11 is 0. The Balaban J connectivity index is 1.94. The van der Waals surface area contributed by atoms with Gasteiger partial charge in [0.1, 0.15) is 5.54 Å². The lowest BCUT2D eigenvalue weighted by molar-refractivity contribution is -0.132. The highest BCUT2D eigenvalue weighted by atomic mass is 16.3. The minimum Gasteiger partial charge on any atom is -0.390 e. The number of carbonyl (C=O) groups excluding carboxylic acids is 1. The Bertz CT molecular complexity index is 418. The second-order valence-corrected chi connectivity index (χ2v) is 6.46. The topological polar surface area (TPSA) is 93.6 Å². The predicted octanol–water partition coefficient (Wildman–Crippen LogP) is 0.0652. The first-order chi connectivity index (χ1) is 9.99. The molecule has 0 aromatic carbocycles. The molecule has 2 heterocycles. The summed E-state index contributed by atoms with van der Waals surface area (Å²) in [6.07, 6.45) is 4.71. The van der Waals surface area contributed by atoms with E-state index in [4.69, 9.17) is 11.0 Å². The van der Waals surface area contributed by atoms with E-state index >= 15 is 0 Å². The molecular formula is C15H26N4O2. The Kier molecular flexibility index (Phi) is 5.20. The van der Waals surface area contributed by atoms with Crippen molar-refractivity contribution in [3.8, 4) is 6.07 Å². The third-order valence-electron chi connectivity index (χ3n) is 5.00. The van der Waals surface area contributed by atoms with E-state index in [1.54, 1.807) is 0 Å². The monoisotopic (exact) mass is 294 g/mol. The summed E-state index contributed by atoms with van der Waals surface area (Å²) in [6.45, 7) is 1.65. The Hall–Kier alpha value is -1.16. The van der Waals surface area contributed by atoms with Crippen LogP contribution in [0, 0.1) is 11.3 Å². The number of rotatable bonds is 7. The zero-order valence-electron chi connectivity index (χ0n) is 12.8. The van der Waals surface area contributed by atoms with E-state index in [2.05, 4.69) is 11.0 Å². The Morgan fingerprint density at radius 3 is 3.00 bits per heavy atom. The van der Waals surface area contributed by atoms with Gasteiger partial charge in [-0.1, -0.05) is 0 Å². The van der Waals surface area contributed by atoms with Crippen molar-refractivity contribution in [1.82, 2.24) is 9.80 Å². The van der Waals surface area contributed by atoms with E-state index in [0.29, 0.717) is 32.1 Å². The molecule has 3 atom stereocenters. The number of hydrogen-bond donors (Lipinski definition) is 2. The molecule has 2 rings (SSSR count). The lowest BCUT2D eigenvalue weighted by Gasteiger charge is -2.43. The van der Waals surface area contributed by atoms with Crippen molar-refractivity contribution in [3.63, 3.8) is 0 Å². The molecule has 6 heteroatoms. The summed E-state index contributed by atoms with van der Waals surface area (Å²) in [7, 11) is 1.90. The molecule has 118 valence electrons. The smallest absolute Gasteiger partial charge is 0.237 e. The maximum atomic E-state index is 11.9. The largest absolute Gasteiger partial charge is 0.390 e. The van der Waals surface area contributed by atoms with E-state index in [1.807, 2.05) is 11.9 Å². The summed E-state index contributed by atoms with van der Waals surface area (Å²) in [4.78, 5) is 16.1. The molecule has 2 aliphatic heterocycles. The van der Waals surface area contributed by atoms with Crippen molar-refractivity contribution < 1.29 is 9.90 Å². The zero-order valence-corrected chi connectivity index (χ0v) is 12.8. The highest BCUT2D eigenvalue weighted by Gasteiger charge is 2.52. The first-order valence-electron chi connectivity index (χ1n) is 7.80. The second-order valence-electron chi connectivity index (χ2n) is 6.46. The first kappa shape index (κ1) is 16.2. The third-order valence-corrected chi connectivity index (χ3v) is 5.00. The number of carbonyl (C=O) groups is 1. The molecule has 1 unspecified atom stereocenters. The van der Waals surface area contributed by atoms with Crippen molar-refractivity contribution in [2.24, 2.45) is 5.73 Å². The van der Waals surface area contributed by atoms with Gasteiger partial charge in [0.15, 0.2) is 0 Å². The number of nitrogens with two attached hydrogens (primary N) is 1. The van der Waals surface area contributed by atoms with E-state index in [9.17, 15) is 9.90 Å². The summed E-state index contributed by atoms with van der Waals surface area (Å²) in [5, 5.41) is 18.9. The molecule has 21 heavy (non-hydrogen) atoms. The molecule has 2 bridgehead atoms. The molecule has 2 aliphatic rings. The quantitative estimate of drug-likeness (QED) is 0.693. The van der Waals surface area contributed by atoms with Gasteiger partial charge < -0.3 is 15.7 Å². The number of aliphatic hydroxyl groups excluding tert-OH is 1. The van der Waals surface area contributed by atoms with Gasteiger partial charge >= 0.3 is 0 Å². The van der Waals surface area contributed by atoms with Crippen LogP contribution in [0.25, 0.3) is 0 Å². The van der Waals surface area contributed by atoms with Crippen LogP contribution in [0.5, 0.6) is 0 Å². The number of piperidine rings is 1. The minimum absolute atomic E-state index is 0.241. The number of fused-ring (bicyclic) bond motifs is 2. The first-order valence-corrected chi connectivity index (χ1v) is 7.80. The lowest BCUT2D eigenvalue weighted by Crippen LogP contribution is -2.60. The molecule has 2 saturated heterocycles. The number of nitriles is 1. The van der Waals surface area contributed by atoms with Crippen LogP contribution in [0.4, 0.5) is 0 Å². The average molecular weight is 294 g/mol. The number of likely N-dealkylation sites (N-methyl/N-ethyl adjacent to an activating group) is 1. The molecule has 0 radical (unpaired) electrons. The molecular weight excluding hydrogens is 268 g/mol. The van der Waals surface area contributed by atoms with Crippen LogP contribution in [0.15, 0.2) is 0 Å².